The number of amides is 1. The first-order valence-electron chi connectivity index (χ1n) is 5.18. The molecule has 0 unspecified atom stereocenters. The number of halogens is 1. The van der Waals surface area contributed by atoms with Crippen LogP contribution in [0.4, 0.5) is 4.39 Å². The van der Waals surface area contributed by atoms with Gasteiger partial charge in [0.1, 0.15) is 0 Å². The highest BCUT2D eigenvalue weighted by Gasteiger charge is 2.14. The minimum Gasteiger partial charge on any atom is -0.476 e. The Labute approximate surface area is 98.0 Å². The molecule has 17 heavy (non-hydrogen) atoms. The van der Waals surface area contributed by atoms with E-state index in [1.807, 2.05) is 6.92 Å². The van der Waals surface area contributed by atoms with Crippen LogP contribution in [0.2, 0.25) is 0 Å². The highest BCUT2D eigenvalue weighted by Crippen LogP contribution is 2.12. The second kappa shape index (κ2) is 6.74. The first-order chi connectivity index (χ1) is 8.15. The lowest BCUT2D eigenvalue weighted by Gasteiger charge is -2.07. The smallest absolute Gasteiger partial charge is 0.273 e. The fraction of sp³-hybridized carbons (Fsp3) is 0.500. The molecular formula is C10H14FN3O3. The minimum atomic E-state index is -0.878. The third-order valence-corrected chi connectivity index (χ3v) is 1.82. The van der Waals surface area contributed by atoms with Gasteiger partial charge in [0.2, 0.25) is 11.8 Å². The van der Waals surface area contributed by atoms with Crippen LogP contribution >= 0.6 is 0 Å². The van der Waals surface area contributed by atoms with Crippen molar-refractivity contribution in [3.05, 3.63) is 17.8 Å². The van der Waals surface area contributed by atoms with Gasteiger partial charge in [-0.15, -0.1) is 0 Å². The molecule has 0 radical (unpaired) electrons. The molecule has 1 aromatic heterocycles. The van der Waals surface area contributed by atoms with E-state index in [0.29, 0.717) is 26.2 Å². The second-order valence-electron chi connectivity index (χ2n) is 3.11. The third-order valence-electron chi connectivity index (χ3n) is 1.82. The van der Waals surface area contributed by atoms with Gasteiger partial charge in [-0.1, -0.05) is 0 Å². The Bertz CT molecular complexity index is 387. The second-order valence-corrected chi connectivity index (χ2v) is 3.11. The largest absolute Gasteiger partial charge is 0.476 e. The molecule has 94 valence electrons. The number of nitrogens with two attached hydrogens (primary N) is 1. The predicted molar refractivity (Wildman–Crippen MR) is 57.1 cm³/mol. The first-order valence-corrected chi connectivity index (χ1v) is 5.18. The number of primary amides is 1. The number of aromatic nitrogens is 2. The van der Waals surface area contributed by atoms with Crippen LogP contribution in [0.1, 0.15) is 23.8 Å². The highest BCUT2D eigenvalue weighted by atomic mass is 19.1. The van der Waals surface area contributed by atoms with E-state index >= 15 is 0 Å². The zero-order chi connectivity index (χ0) is 12.7. The third kappa shape index (κ3) is 4.31. The maximum Gasteiger partial charge on any atom is 0.273 e. The standard InChI is InChI=1S/C10H14FN3O3/c1-2-16-4-3-5-17-10-8(9(12)15)14-7(11)6-13-10/h6H,2-5H2,1H3,(H2,12,15). The van der Waals surface area contributed by atoms with E-state index in [9.17, 15) is 9.18 Å². The van der Waals surface area contributed by atoms with E-state index in [1.165, 1.54) is 0 Å². The molecule has 1 rings (SSSR count). The normalized spacial score (nSPS) is 10.2. The van der Waals surface area contributed by atoms with E-state index in [4.69, 9.17) is 15.2 Å². The highest BCUT2D eigenvalue weighted by molar-refractivity contribution is 5.92. The van der Waals surface area contributed by atoms with Crippen molar-refractivity contribution in [1.29, 1.82) is 0 Å². The maximum atomic E-state index is 12.7. The Morgan fingerprint density at radius 3 is 2.94 bits per heavy atom. The molecule has 0 aromatic carbocycles. The fourth-order valence-electron chi connectivity index (χ4n) is 1.10. The average Bonchev–Trinajstić information content (AvgIpc) is 2.30. The number of nitrogens with zero attached hydrogens (tertiary/aromatic N) is 2. The zero-order valence-electron chi connectivity index (χ0n) is 9.48. The van der Waals surface area contributed by atoms with Crippen LogP contribution < -0.4 is 10.5 Å². The van der Waals surface area contributed by atoms with Crippen molar-refractivity contribution in [3.63, 3.8) is 0 Å². The molecule has 0 aliphatic carbocycles. The summed E-state index contributed by atoms with van der Waals surface area (Å²) in [7, 11) is 0. The number of carbonyl (C=O) groups excluding carboxylic acids is 1. The molecule has 7 heteroatoms. The number of rotatable bonds is 7. The van der Waals surface area contributed by atoms with Gasteiger partial charge in [0.15, 0.2) is 5.69 Å². The van der Waals surface area contributed by atoms with Crippen LogP contribution in [0.25, 0.3) is 0 Å². The molecule has 0 atom stereocenters. The lowest BCUT2D eigenvalue weighted by Crippen LogP contribution is -2.17. The van der Waals surface area contributed by atoms with Crippen molar-refractivity contribution >= 4 is 5.91 Å². The summed E-state index contributed by atoms with van der Waals surface area (Å²) in [5.74, 6) is -1.81. The number of carbonyl (C=O) groups is 1. The summed E-state index contributed by atoms with van der Waals surface area (Å²) < 4.78 is 23.0. The van der Waals surface area contributed by atoms with E-state index in [1.54, 1.807) is 0 Å². The molecule has 0 aliphatic heterocycles. The van der Waals surface area contributed by atoms with E-state index in [-0.39, 0.29) is 11.6 Å². The molecule has 1 aromatic rings. The molecule has 1 heterocycles. The van der Waals surface area contributed by atoms with Crippen molar-refractivity contribution in [3.8, 4) is 5.88 Å². The summed E-state index contributed by atoms with van der Waals surface area (Å²) in [5, 5.41) is 0. The fourth-order valence-corrected chi connectivity index (χ4v) is 1.10. The number of ether oxygens (including phenoxy) is 2. The lowest BCUT2D eigenvalue weighted by atomic mass is 10.4. The molecule has 2 N–H and O–H groups in total. The van der Waals surface area contributed by atoms with Gasteiger partial charge in [0.25, 0.3) is 5.91 Å². The van der Waals surface area contributed by atoms with Crippen molar-refractivity contribution in [1.82, 2.24) is 9.97 Å². The molecule has 0 spiro atoms. The van der Waals surface area contributed by atoms with E-state index in [2.05, 4.69) is 9.97 Å². The van der Waals surface area contributed by atoms with Crippen LogP contribution in [-0.2, 0) is 4.74 Å². The number of hydrogen-bond donors (Lipinski definition) is 1. The average molecular weight is 243 g/mol. The molecule has 1 amide bonds. The van der Waals surface area contributed by atoms with Gasteiger partial charge < -0.3 is 15.2 Å². The molecule has 0 fully saturated rings. The Morgan fingerprint density at radius 2 is 2.29 bits per heavy atom. The quantitative estimate of drug-likeness (QED) is 0.705. The van der Waals surface area contributed by atoms with Gasteiger partial charge in [-0.25, -0.2) is 9.97 Å². The summed E-state index contributed by atoms with van der Waals surface area (Å²) in [4.78, 5) is 17.9. The number of hydrogen-bond acceptors (Lipinski definition) is 5. The lowest BCUT2D eigenvalue weighted by molar-refractivity contribution is 0.0986. The molecule has 0 aliphatic rings. The molecular weight excluding hydrogens is 229 g/mol. The van der Waals surface area contributed by atoms with Gasteiger partial charge in [0.05, 0.1) is 12.8 Å². The van der Waals surface area contributed by atoms with Gasteiger partial charge in [0, 0.05) is 19.6 Å². The monoisotopic (exact) mass is 243 g/mol. The van der Waals surface area contributed by atoms with E-state index in [0.717, 1.165) is 6.20 Å². The summed E-state index contributed by atoms with van der Waals surface area (Å²) in [5.41, 5.74) is 4.72. The molecule has 0 saturated heterocycles. The summed E-state index contributed by atoms with van der Waals surface area (Å²) in [6, 6.07) is 0. The van der Waals surface area contributed by atoms with Gasteiger partial charge in [-0.05, 0) is 6.92 Å². The van der Waals surface area contributed by atoms with Crippen molar-refractivity contribution in [2.75, 3.05) is 19.8 Å². The SMILES string of the molecule is CCOCCCOc1ncc(F)nc1C(N)=O. The van der Waals surface area contributed by atoms with Crippen molar-refractivity contribution < 1.29 is 18.7 Å². The Hall–Kier alpha value is -1.76. The van der Waals surface area contributed by atoms with Crippen molar-refractivity contribution in [2.24, 2.45) is 5.73 Å². The van der Waals surface area contributed by atoms with Crippen LogP contribution in [-0.4, -0.2) is 35.7 Å². The maximum absolute atomic E-state index is 12.7. The van der Waals surface area contributed by atoms with Crippen LogP contribution in [0.5, 0.6) is 5.88 Å². The minimum absolute atomic E-state index is 0.0598. The van der Waals surface area contributed by atoms with Crippen LogP contribution in [0.15, 0.2) is 6.20 Å². The molecule has 6 nitrogen and oxygen atoms in total. The van der Waals surface area contributed by atoms with Gasteiger partial charge in [-0.3, -0.25) is 4.79 Å². The summed E-state index contributed by atoms with van der Waals surface area (Å²) in [6.45, 7) is 3.35. The molecule has 0 saturated carbocycles. The van der Waals surface area contributed by atoms with Crippen LogP contribution in [0.3, 0.4) is 0 Å². The van der Waals surface area contributed by atoms with Gasteiger partial charge >= 0.3 is 0 Å². The topological polar surface area (TPSA) is 87.3 Å². The Kier molecular flexibility index (Phi) is 5.28. The first kappa shape index (κ1) is 13.3. The molecule has 0 bridgehead atoms. The van der Waals surface area contributed by atoms with E-state index < -0.39 is 11.9 Å². The summed E-state index contributed by atoms with van der Waals surface area (Å²) >= 11 is 0. The zero-order valence-corrected chi connectivity index (χ0v) is 9.48. The Morgan fingerprint density at radius 1 is 1.53 bits per heavy atom. The predicted octanol–water partition coefficient (Wildman–Crippen LogP) is 0.520. The van der Waals surface area contributed by atoms with Crippen LogP contribution in [0, 0.1) is 5.95 Å². The van der Waals surface area contributed by atoms with Crippen molar-refractivity contribution in [2.45, 2.75) is 13.3 Å². The van der Waals surface area contributed by atoms with Gasteiger partial charge in [-0.2, -0.15) is 4.39 Å². The summed E-state index contributed by atoms with van der Waals surface area (Å²) in [6.07, 6.45) is 1.50. The Balaban J connectivity index is 2.55.